The average Bonchev–Trinajstić information content (AvgIpc) is 3.22. The molecule has 0 saturated heterocycles. The monoisotopic (exact) mass is 287 g/mol. The van der Waals surface area contributed by atoms with Gasteiger partial charge in [0.2, 0.25) is 0 Å². The van der Waals surface area contributed by atoms with E-state index in [-0.39, 0.29) is 0 Å². The largest absolute Gasteiger partial charge is 0.353 e. The SMILES string of the molecule is C1=CCC(c2ccc3sc4c5ccccc5[nH]c4c3c2)=C1. The van der Waals surface area contributed by atoms with Crippen LogP contribution >= 0.6 is 11.3 Å². The van der Waals surface area contributed by atoms with Crippen LogP contribution in [0.15, 0.2) is 60.7 Å². The molecule has 1 aliphatic rings. The summed E-state index contributed by atoms with van der Waals surface area (Å²) in [6, 6.07) is 15.4. The van der Waals surface area contributed by atoms with Crippen LogP contribution in [-0.4, -0.2) is 4.98 Å². The molecule has 2 heterocycles. The number of rotatable bonds is 1. The van der Waals surface area contributed by atoms with Gasteiger partial charge in [-0.2, -0.15) is 0 Å². The summed E-state index contributed by atoms with van der Waals surface area (Å²) in [6.07, 6.45) is 7.62. The quantitative estimate of drug-likeness (QED) is 0.450. The smallest absolute Gasteiger partial charge is 0.0654 e. The Bertz CT molecular complexity index is 1060. The Balaban J connectivity index is 1.85. The highest BCUT2D eigenvalue weighted by Gasteiger charge is 2.12. The number of fused-ring (bicyclic) bond motifs is 5. The van der Waals surface area contributed by atoms with Gasteiger partial charge < -0.3 is 4.98 Å². The van der Waals surface area contributed by atoms with Crippen molar-refractivity contribution in [2.45, 2.75) is 6.42 Å². The summed E-state index contributed by atoms with van der Waals surface area (Å²) in [5, 5.41) is 2.67. The Labute approximate surface area is 126 Å². The molecule has 4 aromatic rings. The van der Waals surface area contributed by atoms with Crippen molar-refractivity contribution in [3.63, 3.8) is 0 Å². The van der Waals surface area contributed by atoms with Gasteiger partial charge in [0.1, 0.15) is 0 Å². The molecule has 0 amide bonds. The predicted octanol–water partition coefficient (Wildman–Crippen LogP) is 5.88. The van der Waals surface area contributed by atoms with Crippen LogP contribution in [0.1, 0.15) is 12.0 Å². The molecule has 0 unspecified atom stereocenters. The van der Waals surface area contributed by atoms with Crippen LogP contribution in [0, 0.1) is 0 Å². The van der Waals surface area contributed by atoms with Gasteiger partial charge >= 0.3 is 0 Å². The molecular weight excluding hydrogens is 274 g/mol. The van der Waals surface area contributed by atoms with Crippen LogP contribution in [-0.2, 0) is 0 Å². The Morgan fingerprint density at radius 1 is 1.00 bits per heavy atom. The lowest BCUT2D eigenvalue weighted by Gasteiger charge is -2.02. The van der Waals surface area contributed by atoms with Gasteiger partial charge in [-0.3, -0.25) is 0 Å². The molecule has 2 aromatic heterocycles. The van der Waals surface area contributed by atoms with Gasteiger partial charge in [-0.1, -0.05) is 42.5 Å². The number of para-hydroxylation sites is 1. The highest BCUT2D eigenvalue weighted by molar-refractivity contribution is 7.26. The molecule has 0 bridgehead atoms. The van der Waals surface area contributed by atoms with E-state index in [4.69, 9.17) is 0 Å². The van der Waals surface area contributed by atoms with Crippen LogP contribution in [0.2, 0.25) is 0 Å². The maximum Gasteiger partial charge on any atom is 0.0654 e. The fraction of sp³-hybridized carbons (Fsp3) is 0.0526. The summed E-state index contributed by atoms with van der Waals surface area (Å²) in [4.78, 5) is 3.59. The zero-order valence-electron chi connectivity index (χ0n) is 11.4. The van der Waals surface area contributed by atoms with Crippen molar-refractivity contribution < 1.29 is 0 Å². The molecule has 0 radical (unpaired) electrons. The molecular formula is C19H13NS. The van der Waals surface area contributed by atoms with E-state index >= 15 is 0 Å². The maximum absolute atomic E-state index is 3.59. The molecule has 1 aliphatic carbocycles. The lowest BCUT2D eigenvalue weighted by atomic mass is 10.0. The zero-order chi connectivity index (χ0) is 13.8. The number of allylic oxidation sites excluding steroid dienone is 4. The van der Waals surface area contributed by atoms with Crippen molar-refractivity contribution in [1.82, 2.24) is 4.98 Å². The van der Waals surface area contributed by atoms with Crippen molar-refractivity contribution in [2.24, 2.45) is 0 Å². The summed E-state index contributed by atoms with van der Waals surface area (Å²) in [6.45, 7) is 0. The maximum atomic E-state index is 3.59. The number of hydrogen-bond acceptors (Lipinski definition) is 1. The first-order chi connectivity index (χ1) is 10.4. The molecule has 1 nitrogen and oxygen atoms in total. The van der Waals surface area contributed by atoms with Crippen LogP contribution in [0.3, 0.4) is 0 Å². The minimum absolute atomic E-state index is 1.05. The predicted molar refractivity (Wildman–Crippen MR) is 92.9 cm³/mol. The van der Waals surface area contributed by atoms with E-state index in [1.165, 1.54) is 42.3 Å². The van der Waals surface area contributed by atoms with Gasteiger partial charge in [0.15, 0.2) is 0 Å². The molecule has 0 fully saturated rings. The third-order valence-corrected chi connectivity index (χ3v) is 5.47. The van der Waals surface area contributed by atoms with E-state index < -0.39 is 0 Å². The standard InChI is InChI=1S/C19H13NS/c1-2-6-12(5-1)13-9-10-17-15(11-13)18-19(21-17)14-7-3-4-8-16(14)20-18/h1-5,7-11,20H,6H2. The molecule has 0 spiro atoms. The second-order valence-electron chi connectivity index (χ2n) is 5.51. The van der Waals surface area contributed by atoms with Gasteiger partial charge in [0, 0.05) is 21.0 Å². The number of H-pyrrole nitrogens is 1. The highest BCUT2D eigenvalue weighted by Crippen LogP contribution is 2.39. The average molecular weight is 287 g/mol. The van der Waals surface area contributed by atoms with Crippen molar-refractivity contribution in [3.8, 4) is 0 Å². The molecule has 0 atom stereocenters. The molecule has 0 saturated carbocycles. The van der Waals surface area contributed by atoms with E-state index in [1.807, 2.05) is 11.3 Å². The van der Waals surface area contributed by atoms with Crippen molar-refractivity contribution in [3.05, 3.63) is 66.3 Å². The Hall–Kier alpha value is -2.32. The lowest BCUT2D eigenvalue weighted by molar-refractivity contribution is 1.44. The fourth-order valence-corrected chi connectivity index (χ4v) is 4.38. The van der Waals surface area contributed by atoms with Crippen molar-refractivity contribution >= 4 is 48.1 Å². The molecule has 2 heteroatoms. The Morgan fingerprint density at radius 2 is 1.95 bits per heavy atom. The minimum atomic E-state index is 1.05. The molecule has 2 aromatic carbocycles. The third kappa shape index (κ3) is 1.57. The molecule has 5 rings (SSSR count). The minimum Gasteiger partial charge on any atom is -0.353 e. The van der Waals surface area contributed by atoms with Gasteiger partial charge in [-0.05, 0) is 35.8 Å². The van der Waals surface area contributed by atoms with Gasteiger partial charge in [0.05, 0.1) is 10.2 Å². The fourth-order valence-electron chi connectivity index (χ4n) is 3.20. The van der Waals surface area contributed by atoms with E-state index in [0.29, 0.717) is 0 Å². The summed E-state index contributed by atoms with van der Waals surface area (Å²) < 4.78 is 2.73. The van der Waals surface area contributed by atoms with Gasteiger partial charge in [0.25, 0.3) is 0 Å². The van der Waals surface area contributed by atoms with Crippen LogP contribution in [0.5, 0.6) is 0 Å². The number of benzene rings is 2. The van der Waals surface area contributed by atoms with E-state index in [0.717, 1.165) is 6.42 Å². The molecule has 21 heavy (non-hydrogen) atoms. The lowest BCUT2D eigenvalue weighted by Crippen LogP contribution is -1.80. The van der Waals surface area contributed by atoms with Gasteiger partial charge in [-0.25, -0.2) is 0 Å². The normalized spacial score (nSPS) is 14.6. The summed E-state index contributed by atoms with van der Waals surface area (Å²) in [5.41, 5.74) is 5.26. The molecule has 100 valence electrons. The summed E-state index contributed by atoms with van der Waals surface area (Å²) in [7, 11) is 0. The van der Waals surface area contributed by atoms with E-state index in [2.05, 4.69) is 65.7 Å². The number of thiophene rings is 1. The zero-order valence-corrected chi connectivity index (χ0v) is 12.2. The number of aromatic amines is 1. The van der Waals surface area contributed by atoms with Gasteiger partial charge in [-0.15, -0.1) is 11.3 Å². The first-order valence-electron chi connectivity index (χ1n) is 7.19. The number of aromatic nitrogens is 1. The van der Waals surface area contributed by atoms with Crippen LogP contribution in [0.4, 0.5) is 0 Å². The number of nitrogens with one attached hydrogen (secondary N) is 1. The third-order valence-electron chi connectivity index (χ3n) is 4.26. The Morgan fingerprint density at radius 3 is 2.86 bits per heavy atom. The van der Waals surface area contributed by atoms with E-state index in [9.17, 15) is 0 Å². The summed E-state index contributed by atoms with van der Waals surface area (Å²) >= 11 is 1.88. The highest BCUT2D eigenvalue weighted by atomic mass is 32.1. The van der Waals surface area contributed by atoms with Crippen molar-refractivity contribution in [1.29, 1.82) is 0 Å². The summed E-state index contributed by atoms with van der Waals surface area (Å²) in [5.74, 6) is 0. The Kier molecular flexibility index (Phi) is 2.21. The number of hydrogen-bond donors (Lipinski definition) is 1. The van der Waals surface area contributed by atoms with E-state index in [1.54, 1.807) is 0 Å². The first kappa shape index (κ1) is 11.4. The van der Waals surface area contributed by atoms with Crippen molar-refractivity contribution in [2.75, 3.05) is 0 Å². The second kappa shape index (κ2) is 4.09. The topological polar surface area (TPSA) is 15.8 Å². The van der Waals surface area contributed by atoms with Crippen LogP contribution in [0.25, 0.3) is 36.8 Å². The molecule has 0 aliphatic heterocycles. The molecule has 1 N–H and O–H groups in total. The first-order valence-corrected chi connectivity index (χ1v) is 8.01. The second-order valence-corrected chi connectivity index (χ2v) is 6.56. The van der Waals surface area contributed by atoms with Crippen LogP contribution < -0.4 is 0 Å².